The first-order chi connectivity index (χ1) is 15.8. The third-order valence-corrected chi connectivity index (χ3v) is 7.51. The summed E-state index contributed by atoms with van der Waals surface area (Å²) >= 11 is 5.87. The van der Waals surface area contributed by atoms with Crippen molar-refractivity contribution < 1.29 is 22.7 Å². The fourth-order valence-corrected chi connectivity index (χ4v) is 5.50. The Morgan fingerprint density at radius 3 is 2.42 bits per heavy atom. The van der Waals surface area contributed by atoms with Crippen LogP contribution in [0.15, 0.2) is 77.7 Å². The highest BCUT2D eigenvalue weighted by Gasteiger charge is 2.40. The van der Waals surface area contributed by atoms with Gasteiger partial charge in [-0.2, -0.15) is 0 Å². The van der Waals surface area contributed by atoms with Gasteiger partial charge in [0.2, 0.25) is 5.91 Å². The van der Waals surface area contributed by atoms with Gasteiger partial charge in [-0.25, -0.2) is 12.7 Å². The van der Waals surface area contributed by atoms with E-state index < -0.39 is 21.8 Å². The number of carbonyl (C=O) groups excluding carboxylic acids is 2. The van der Waals surface area contributed by atoms with Crippen molar-refractivity contribution >= 4 is 39.1 Å². The van der Waals surface area contributed by atoms with Crippen LogP contribution in [-0.2, 0) is 14.8 Å². The van der Waals surface area contributed by atoms with Crippen molar-refractivity contribution in [2.45, 2.75) is 17.2 Å². The number of sulfonamides is 1. The number of carbonyl (C=O) groups is 2. The number of methoxy groups -OCH3 is 1. The van der Waals surface area contributed by atoms with Gasteiger partial charge in [0.1, 0.15) is 10.6 Å². The van der Waals surface area contributed by atoms with Gasteiger partial charge in [-0.3, -0.25) is 9.59 Å². The van der Waals surface area contributed by atoms with Crippen molar-refractivity contribution in [1.29, 1.82) is 0 Å². The van der Waals surface area contributed by atoms with Crippen LogP contribution in [0.1, 0.15) is 28.3 Å². The van der Waals surface area contributed by atoms with Crippen molar-refractivity contribution in [1.82, 2.24) is 4.31 Å². The largest absolute Gasteiger partial charge is 0.495 e. The zero-order chi connectivity index (χ0) is 23.6. The smallest absolute Gasteiger partial charge is 0.270 e. The number of amides is 2. The minimum absolute atomic E-state index is 0.0233. The molecule has 0 spiro atoms. The van der Waals surface area contributed by atoms with E-state index in [0.717, 1.165) is 9.87 Å². The topological polar surface area (TPSA) is 92.8 Å². The first-order valence-electron chi connectivity index (χ1n) is 10.1. The molecule has 0 saturated carbocycles. The summed E-state index contributed by atoms with van der Waals surface area (Å²) in [6, 6.07) is 19.9. The average molecular weight is 485 g/mol. The molecule has 0 aromatic heterocycles. The Bertz CT molecular complexity index is 1290. The zero-order valence-corrected chi connectivity index (χ0v) is 19.3. The van der Waals surface area contributed by atoms with Crippen molar-refractivity contribution in [2.24, 2.45) is 0 Å². The second-order valence-electron chi connectivity index (χ2n) is 7.57. The molecular weight excluding hydrogens is 464 g/mol. The predicted octanol–water partition coefficient (Wildman–Crippen LogP) is 4.31. The lowest BCUT2D eigenvalue weighted by Gasteiger charge is -2.19. The Morgan fingerprint density at radius 1 is 1.06 bits per heavy atom. The summed E-state index contributed by atoms with van der Waals surface area (Å²) in [4.78, 5) is 25.2. The van der Waals surface area contributed by atoms with Gasteiger partial charge in [0, 0.05) is 35.2 Å². The van der Waals surface area contributed by atoms with Crippen LogP contribution in [-0.4, -0.2) is 38.2 Å². The highest BCUT2D eigenvalue weighted by atomic mass is 35.5. The fraction of sp³-hybridized carbons (Fsp3) is 0.167. The lowest BCUT2D eigenvalue weighted by Crippen LogP contribution is -2.32. The number of ether oxygens (including phenoxy) is 1. The first-order valence-corrected chi connectivity index (χ1v) is 12.0. The first kappa shape index (κ1) is 22.8. The average Bonchev–Trinajstić information content (AvgIpc) is 3.23. The molecule has 3 aromatic rings. The summed E-state index contributed by atoms with van der Waals surface area (Å²) in [7, 11) is -2.91. The molecule has 2 amide bonds. The number of rotatable bonds is 6. The molecule has 1 aliphatic heterocycles. The van der Waals surface area contributed by atoms with Crippen LogP contribution in [0.25, 0.3) is 0 Å². The highest BCUT2D eigenvalue weighted by Crippen LogP contribution is 2.35. The quantitative estimate of drug-likeness (QED) is 0.563. The molecular formula is C24H21ClN2O5S. The second-order valence-corrected chi connectivity index (χ2v) is 9.84. The zero-order valence-electron chi connectivity index (χ0n) is 17.7. The van der Waals surface area contributed by atoms with Gasteiger partial charge in [0.15, 0.2) is 0 Å². The van der Waals surface area contributed by atoms with Gasteiger partial charge < -0.3 is 10.1 Å². The van der Waals surface area contributed by atoms with Crippen LogP contribution >= 0.6 is 11.6 Å². The van der Waals surface area contributed by atoms with Crippen LogP contribution in [0.3, 0.4) is 0 Å². The van der Waals surface area contributed by atoms with E-state index in [1.807, 2.05) is 30.3 Å². The van der Waals surface area contributed by atoms with Crippen molar-refractivity contribution in [3.05, 3.63) is 88.9 Å². The van der Waals surface area contributed by atoms with Gasteiger partial charge in [0.05, 0.1) is 7.11 Å². The Kier molecular flexibility index (Phi) is 6.40. The van der Waals surface area contributed by atoms with E-state index in [4.69, 9.17) is 16.3 Å². The summed E-state index contributed by atoms with van der Waals surface area (Å²) in [6.45, 7) is 0.0233. The van der Waals surface area contributed by atoms with Crippen molar-refractivity contribution in [2.75, 3.05) is 19.0 Å². The minimum Gasteiger partial charge on any atom is -0.495 e. The molecule has 1 aliphatic rings. The monoisotopic (exact) mass is 484 g/mol. The Balaban J connectivity index is 1.63. The van der Waals surface area contributed by atoms with E-state index in [2.05, 4.69) is 5.32 Å². The molecule has 9 heteroatoms. The van der Waals surface area contributed by atoms with E-state index >= 15 is 0 Å². The summed E-state index contributed by atoms with van der Waals surface area (Å²) in [5.74, 6) is -1.20. The van der Waals surface area contributed by atoms with Crippen molar-refractivity contribution in [3.63, 3.8) is 0 Å². The third kappa shape index (κ3) is 4.72. The number of nitrogens with zero attached hydrogens (tertiary/aromatic N) is 1. The number of hydrogen-bond acceptors (Lipinski definition) is 5. The maximum Gasteiger partial charge on any atom is 0.270 e. The van der Waals surface area contributed by atoms with Crippen LogP contribution in [0.5, 0.6) is 5.75 Å². The third-order valence-electron chi connectivity index (χ3n) is 5.45. The highest BCUT2D eigenvalue weighted by molar-refractivity contribution is 7.89. The lowest BCUT2D eigenvalue weighted by molar-refractivity contribution is -0.123. The molecule has 1 heterocycles. The van der Waals surface area contributed by atoms with E-state index in [9.17, 15) is 18.0 Å². The van der Waals surface area contributed by atoms with Crippen LogP contribution in [0.2, 0.25) is 5.02 Å². The van der Waals surface area contributed by atoms with Crippen LogP contribution < -0.4 is 10.1 Å². The van der Waals surface area contributed by atoms with Gasteiger partial charge in [-0.05, 0) is 48.0 Å². The molecule has 0 aliphatic carbocycles. The molecule has 4 rings (SSSR count). The van der Waals surface area contributed by atoms with Gasteiger partial charge in [-0.1, -0.05) is 41.9 Å². The molecule has 0 bridgehead atoms. The minimum atomic E-state index is -4.24. The summed E-state index contributed by atoms with van der Waals surface area (Å²) in [5, 5.41) is 3.22. The number of halogens is 1. The van der Waals surface area contributed by atoms with Crippen LogP contribution in [0.4, 0.5) is 5.69 Å². The summed E-state index contributed by atoms with van der Waals surface area (Å²) < 4.78 is 33.0. The molecule has 1 saturated heterocycles. The molecule has 1 atom stereocenters. The normalized spacial score (nSPS) is 16.0. The molecule has 170 valence electrons. The SMILES string of the molecule is COc1ccc(C(=O)Nc2ccc(Cl)cc2)cc1S(=O)(=O)N1C[C@@H](c2ccccc2)CC1=O. The number of nitrogens with one attached hydrogen (secondary N) is 1. The standard InChI is InChI=1S/C24H21ClN2O5S/c1-32-21-12-7-17(24(29)26-20-10-8-19(25)9-11-20)13-22(21)33(30,31)27-15-18(14-23(27)28)16-5-3-2-4-6-16/h2-13,18H,14-15H2,1H3,(H,26,29)/t18-/m0/s1. The molecule has 33 heavy (non-hydrogen) atoms. The molecule has 1 fully saturated rings. The number of benzene rings is 3. The second kappa shape index (κ2) is 9.25. The van der Waals surface area contributed by atoms with Crippen LogP contribution in [0, 0.1) is 0 Å². The van der Waals surface area contributed by atoms with E-state index in [1.54, 1.807) is 24.3 Å². The van der Waals surface area contributed by atoms with Gasteiger partial charge >= 0.3 is 0 Å². The number of hydrogen-bond donors (Lipinski definition) is 1. The molecule has 0 unspecified atom stereocenters. The number of anilines is 1. The molecule has 1 N–H and O–H groups in total. The fourth-order valence-electron chi connectivity index (χ4n) is 3.73. The summed E-state index contributed by atoms with van der Waals surface area (Å²) in [6.07, 6.45) is 0.0856. The van der Waals surface area contributed by atoms with Gasteiger partial charge in [0.25, 0.3) is 15.9 Å². The summed E-state index contributed by atoms with van der Waals surface area (Å²) in [5.41, 5.74) is 1.51. The van der Waals surface area contributed by atoms with Gasteiger partial charge in [-0.15, -0.1) is 0 Å². The maximum absolute atomic E-state index is 13.5. The van der Waals surface area contributed by atoms with E-state index in [1.165, 1.54) is 25.3 Å². The maximum atomic E-state index is 13.5. The Morgan fingerprint density at radius 2 is 1.76 bits per heavy atom. The Hall–Kier alpha value is -3.36. The lowest BCUT2D eigenvalue weighted by atomic mass is 9.99. The molecule has 3 aromatic carbocycles. The van der Waals surface area contributed by atoms with E-state index in [0.29, 0.717) is 10.7 Å². The van der Waals surface area contributed by atoms with Crippen molar-refractivity contribution in [3.8, 4) is 5.75 Å². The van der Waals surface area contributed by atoms with E-state index in [-0.39, 0.29) is 35.1 Å². The molecule has 7 nitrogen and oxygen atoms in total. The molecule has 0 radical (unpaired) electrons. The Labute approximate surface area is 197 Å². The predicted molar refractivity (Wildman–Crippen MR) is 125 cm³/mol.